The Hall–Kier alpha value is -1.62. The average molecular weight is 250 g/mol. The maximum atomic E-state index is 11.3. The van der Waals surface area contributed by atoms with E-state index in [9.17, 15) is 4.79 Å². The van der Waals surface area contributed by atoms with Crippen LogP contribution in [0.25, 0.3) is 0 Å². The van der Waals surface area contributed by atoms with E-state index in [-0.39, 0.29) is 12.1 Å². The number of ether oxygens (including phenoxy) is 2. The topological polar surface area (TPSA) is 51.7 Å². The van der Waals surface area contributed by atoms with Crippen LogP contribution in [-0.4, -0.2) is 43.9 Å². The first-order chi connectivity index (χ1) is 8.70. The van der Waals surface area contributed by atoms with Crippen molar-refractivity contribution in [3.8, 4) is 0 Å². The van der Waals surface area contributed by atoms with Crippen LogP contribution in [0.15, 0.2) is 18.3 Å². The Morgan fingerprint density at radius 2 is 2.50 bits per heavy atom. The van der Waals surface area contributed by atoms with E-state index in [1.54, 1.807) is 6.20 Å². The fourth-order valence-corrected chi connectivity index (χ4v) is 2.11. The molecule has 0 saturated carbocycles. The van der Waals surface area contributed by atoms with Crippen molar-refractivity contribution in [2.24, 2.45) is 0 Å². The summed E-state index contributed by atoms with van der Waals surface area (Å²) in [6.45, 7) is 4.12. The smallest absolute Gasteiger partial charge is 0.308 e. The summed E-state index contributed by atoms with van der Waals surface area (Å²) in [5.41, 5.74) is 1.14. The number of esters is 1. The highest BCUT2D eigenvalue weighted by Gasteiger charge is 2.24. The normalized spacial score (nSPS) is 19.7. The number of morpholine rings is 1. The summed E-state index contributed by atoms with van der Waals surface area (Å²) in [5.74, 6) is 0.732. The molecule has 1 aliphatic heterocycles. The van der Waals surface area contributed by atoms with Crippen molar-refractivity contribution in [3.63, 3.8) is 0 Å². The lowest BCUT2D eigenvalue weighted by Gasteiger charge is -2.34. The number of aromatic nitrogens is 1. The third-order valence-electron chi connectivity index (χ3n) is 3.04. The minimum absolute atomic E-state index is 0.118. The van der Waals surface area contributed by atoms with Crippen LogP contribution < -0.4 is 4.90 Å². The first-order valence-electron chi connectivity index (χ1n) is 6.05. The molecule has 1 fully saturated rings. The van der Waals surface area contributed by atoms with Crippen molar-refractivity contribution in [1.82, 2.24) is 4.98 Å². The first-order valence-corrected chi connectivity index (χ1v) is 6.05. The molecule has 1 aromatic heterocycles. The molecule has 5 nitrogen and oxygen atoms in total. The summed E-state index contributed by atoms with van der Waals surface area (Å²) in [6, 6.07) is 3.96. The molecule has 0 radical (unpaired) electrons. The molecule has 1 aliphatic rings. The van der Waals surface area contributed by atoms with E-state index < -0.39 is 0 Å². The Bertz CT molecular complexity index is 422. The number of anilines is 1. The van der Waals surface area contributed by atoms with Gasteiger partial charge in [-0.05, 0) is 18.6 Å². The van der Waals surface area contributed by atoms with Gasteiger partial charge in [0.1, 0.15) is 5.82 Å². The van der Waals surface area contributed by atoms with Gasteiger partial charge in [0.15, 0.2) is 0 Å². The summed E-state index contributed by atoms with van der Waals surface area (Å²) in [6.07, 6.45) is 1.96. The predicted molar refractivity (Wildman–Crippen MR) is 67.6 cm³/mol. The molecule has 5 heteroatoms. The van der Waals surface area contributed by atoms with Crippen molar-refractivity contribution in [2.75, 3.05) is 31.7 Å². The second-order valence-corrected chi connectivity index (χ2v) is 4.36. The van der Waals surface area contributed by atoms with Gasteiger partial charge in [0.05, 0.1) is 26.2 Å². The molecule has 0 aliphatic carbocycles. The number of pyridine rings is 1. The van der Waals surface area contributed by atoms with E-state index in [1.807, 2.05) is 19.1 Å². The fraction of sp³-hybridized carbons (Fsp3) is 0.538. The van der Waals surface area contributed by atoms with E-state index in [1.165, 1.54) is 7.11 Å². The van der Waals surface area contributed by atoms with Gasteiger partial charge in [0.25, 0.3) is 0 Å². The maximum Gasteiger partial charge on any atom is 0.308 e. The highest BCUT2D eigenvalue weighted by atomic mass is 16.5. The van der Waals surface area contributed by atoms with Crippen LogP contribution in [0.1, 0.15) is 12.0 Å². The van der Waals surface area contributed by atoms with Crippen molar-refractivity contribution in [2.45, 2.75) is 19.4 Å². The van der Waals surface area contributed by atoms with Gasteiger partial charge >= 0.3 is 5.97 Å². The van der Waals surface area contributed by atoms with Crippen molar-refractivity contribution in [1.29, 1.82) is 0 Å². The van der Waals surface area contributed by atoms with Gasteiger partial charge in [-0.15, -0.1) is 0 Å². The lowest BCUT2D eigenvalue weighted by atomic mass is 10.2. The van der Waals surface area contributed by atoms with Crippen molar-refractivity contribution < 1.29 is 14.3 Å². The molecule has 0 amide bonds. The van der Waals surface area contributed by atoms with E-state index in [0.29, 0.717) is 19.6 Å². The summed E-state index contributed by atoms with van der Waals surface area (Å²) < 4.78 is 10.2. The summed E-state index contributed by atoms with van der Waals surface area (Å²) in [5, 5.41) is 0. The second kappa shape index (κ2) is 5.82. The monoisotopic (exact) mass is 250 g/mol. The molecule has 18 heavy (non-hydrogen) atoms. The van der Waals surface area contributed by atoms with Crippen LogP contribution in [0, 0.1) is 6.92 Å². The lowest BCUT2D eigenvalue weighted by molar-refractivity contribution is -0.144. The van der Waals surface area contributed by atoms with Crippen LogP contribution in [0.5, 0.6) is 0 Å². The molecule has 0 N–H and O–H groups in total. The van der Waals surface area contributed by atoms with E-state index in [4.69, 9.17) is 4.74 Å². The van der Waals surface area contributed by atoms with Gasteiger partial charge in [-0.3, -0.25) is 4.79 Å². The lowest BCUT2D eigenvalue weighted by Crippen LogP contribution is -2.44. The zero-order chi connectivity index (χ0) is 13.0. The zero-order valence-electron chi connectivity index (χ0n) is 10.8. The molecular weight excluding hydrogens is 232 g/mol. The van der Waals surface area contributed by atoms with Gasteiger partial charge in [-0.25, -0.2) is 4.98 Å². The largest absolute Gasteiger partial charge is 0.469 e. The highest BCUT2D eigenvalue weighted by molar-refractivity contribution is 5.70. The summed E-state index contributed by atoms with van der Waals surface area (Å²) in [7, 11) is 1.39. The van der Waals surface area contributed by atoms with Gasteiger partial charge < -0.3 is 14.4 Å². The standard InChI is InChI=1S/C13H18N2O3/c1-10-4-3-5-14-13(10)15-6-7-18-11(9-15)8-12(16)17-2/h3-5,11H,6-9H2,1-2H3. The second-order valence-electron chi connectivity index (χ2n) is 4.36. The fourth-order valence-electron chi connectivity index (χ4n) is 2.11. The zero-order valence-corrected chi connectivity index (χ0v) is 10.8. The van der Waals surface area contributed by atoms with Gasteiger partial charge in [-0.1, -0.05) is 6.07 Å². The van der Waals surface area contributed by atoms with E-state index in [0.717, 1.165) is 17.9 Å². The van der Waals surface area contributed by atoms with Crippen LogP contribution in [0.4, 0.5) is 5.82 Å². The quantitative estimate of drug-likeness (QED) is 0.753. The number of aryl methyl sites for hydroxylation is 1. The van der Waals surface area contributed by atoms with Crippen LogP contribution in [-0.2, 0) is 14.3 Å². The molecule has 1 atom stereocenters. The first kappa shape index (κ1) is 12.8. The third kappa shape index (κ3) is 2.98. The Labute approximate surface area is 107 Å². The van der Waals surface area contributed by atoms with E-state index >= 15 is 0 Å². The molecule has 1 saturated heterocycles. The molecule has 0 aromatic carbocycles. The van der Waals surface area contributed by atoms with Crippen molar-refractivity contribution in [3.05, 3.63) is 23.9 Å². The summed E-state index contributed by atoms with van der Waals surface area (Å²) >= 11 is 0. The molecular formula is C13H18N2O3. The molecule has 1 aromatic rings. The minimum Gasteiger partial charge on any atom is -0.469 e. The molecule has 2 rings (SSSR count). The Morgan fingerprint density at radius 1 is 1.67 bits per heavy atom. The van der Waals surface area contributed by atoms with Crippen LogP contribution in [0.3, 0.4) is 0 Å². The number of rotatable bonds is 3. The van der Waals surface area contributed by atoms with Crippen molar-refractivity contribution >= 4 is 11.8 Å². The highest BCUT2D eigenvalue weighted by Crippen LogP contribution is 2.20. The number of hydrogen-bond donors (Lipinski definition) is 0. The average Bonchev–Trinajstić information content (AvgIpc) is 2.39. The molecule has 2 heterocycles. The van der Waals surface area contributed by atoms with E-state index in [2.05, 4.69) is 14.6 Å². The Balaban J connectivity index is 2.03. The van der Waals surface area contributed by atoms with Crippen LogP contribution >= 0.6 is 0 Å². The number of nitrogens with zero attached hydrogens (tertiary/aromatic N) is 2. The number of carbonyl (C=O) groups excluding carboxylic acids is 1. The number of carbonyl (C=O) groups is 1. The SMILES string of the molecule is COC(=O)CC1CN(c2ncccc2C)CCO1. The predicted octanol–water partition coefficient (Wildman–Crippen LogP) is 1.16. The summed E-state index contributed by atoms with van der Waals surface area (Å²) in [4.78, 5) is 17.8. The maximum absolute atomic E-state index is 11.3. The minimum atomic E-state index is -0.236. The molecule has 0 bridgehead atoms. The Kier molecular flexibility index (Phi) is 4.15. The number of hydrogen-bond acceptors (Lipinski definition) is 5. The Morgan fingerprint density at radius 3 is 3.22 bits per heavy atom. The number of methoxy groups -OCH3 is 1. The van der Waals surface area contributed by atoms with Gasteiger partial charge in [0.2, 0.25) is 0 Å². The third-order valence-corrected chi connectivity index (χ3v) is 3.04. The molecule has 1 unspecified atom stereocenters. The van der Waals surface area contributed by atoms with Gasteiger partial charge in [0, 0.05) is 19.3 Å². The van der Waals surface area contributed by atoms with Gasteiger partial charge in [-0.2, -0.15) is 0 Å². The molecule has 98 valence electrons. The molecule has 0 spiro atoms. The van der Waals surface area contributed by atoms with Crippen LogP contribution in [0.2, 0.25) is 0 Å².